The molecule has 1 rings (SSSR count). The molecule has 0 aliphatic heterocycles. The molecule has 3 N–H and O–H groups in total. The van der Waals surface area contributed by atoms with Crippen molar-refractivity contribution in [3.05, 3.63) is 35.6 Å². The molecule has 0 saturated heterocycles. The minimum atomic E-state index is -0.212. The molecule has 0 aliphatic carbocycles. The third-order valence-corrected chi connectivity index (χ3v) is 2.05. The lowest BCUT2D eigenvalue weighted by Gasteiger charge is -2.14. The van der Waals surface area contributed by atoms with E-state index in [0.29, 0.717) is 0 Å². The quantitative estimate of drug-likeness (QED) is 0.553. The Morgan fingerprint density at radius 3 is 2.46 bits per heavy atom. The van der Waals surface area contributed by atoms with Gasteiger partial charge in [0.1, 0.15) is 5.82 Å². The summed E-state index contributed by atoms with van der Waals surface area (Å²) in [4.78, 5) is 0. The van der Waals surface area contributed by atoms with Gasteiger partial charge in [0.05, 0.1) is 0 Å². The standard InChI is InChI=1S/C10H15FN2/c1-2-3-10(13-12)8-4-6-9(11)7-5-8/h4-7,10,13H,2-3,12H2,1H3. The Bertz CT molecular complexity index is 246. The van der Waals surface area contributed by atoms with Gasteiger partial charge in [0.15, 0.2) is 0 Å². The second-order valence-electron chi connectivity index (χ2n) is 3.06. The summed E-state index contributed by atoms with van der Waals surface area (Å²) in [6.45, 7) is 2.09. The molecule has 0 spiro atoms. The van der Waals surface area contributed by atoms with Gasteiger partial charge in [-0.05, 0) is 24.1 Å². The van der Waals surface area contributed by atoms with Gasteiger partial charge in [-0.15, -0.1) is 0 Å². The number of halogens is 1. The molecule has 0 bridgehead atoms. The van der Waals surface area contributed by atoms with Crippen LogP contribution in [0.1, 0.15) is 31.4 Å². The van der Waals surface area contributed by atoms with Crippen LogP contribution in [0.15, 0.2) is 24.3 Å². The lowest BCUT2D eigenvalue weighted by molar-refractivity contribution is 0.509. The molecular weight excluding hydrogens is 167 g/mol. The first-order valence-electron chi connectivity index (χ1n) is 4.49. The molecule has 13 heavy (non-hydrogen) atoms. The number of rotatable bonds is 4. The van der Waals surface area contributed by atoms with Gasteiger partial charge in [0, 0.05) is 6.04 Å². The molecule has 1 atom stereocenters. The van der Waals surface area contributed by atoms with Crippen molar-refractivity contribution in [2.45, 2.75) is 25.8 Å². The van der Waals surface area contributed by atoms with Crippen molar-refractivity contribution < 1.29 is 4.39 Å². The van der Waals surface area contributed by atoms with Gasteiger partial charge >= 0.3 is 0 Å². The van der Waals surface area contributed by atoms with E-state index >= 15 is 0 Å². The molecule has 0 fully saturated rings. The summed E-state index contributed by atoms with van der Waals surface area (Å²) in [5, 5.41) is 0. The summed E-state index contributed by atoms with van der Waals surface area (Å²) in [7, 11) is 0. The first-order chi connectivity index (χ1) is 6.27. The molecule has 1 unspecified atom stereocenters. The smallest absolute Gasteiger partial charge is 0.123 e. The number of hydrazine groups is 1. The summed E-state index contributed by atoms with van der Waals surface area (Å²) in [5.41, 5.74) is 3.75. The summed E-state index contributed by atoms with van der Waals surface area (Å²) < 4.78 is 12.6. The van der Waals surface area contributed by atoms with Crippen molar-refractivity contribution in [1.29, 1.82) is 0 Å². The van der Waals surface area contributed by atoms with E-state index in [4.69, 9.17) is 5.84 Å². The van der Waals surface area contributed by atoms with E-state index in [0.717, 1.165) is 18.4 Å². The highest BCUT2D eigenvalue weighted by molar-refractivity contribution is 5.19. The zero-order valence-electron chi connectivity index (χ0n) is 7.76. The average molecular weight is 182 g/mol. The lowest BCUT2D eigenvalue weighted by Crippen LogP contribution is -2.27. The maximum atomic E-state index is 12.6. The maximum Gasteiger partial charge on any atom is 0.123 e. The predicted molar refractivity (Wildman–Crippen MR) is 51.4 cm³/mol. The van der Waals surface area contributed by atoms with Crippen LogP contribution < -0.4 is 11.3 Å². The van der Waals surface area contributed by atoms with E-state index < -0.39 is 0 Å². The van der Waals surface area contributed by atoms with Gasteiger partial charge in [-0.3, -0.25) is 11.3 Å². The third-order valence-electron chi connectivity index (χ3n) is 2.05. The number of nitrogens with one attached hydrogen (secondary N) is 1. The predicted octanol–water partition coefficient (Wildman–Crippen LogP) is 2.13. The van der Waals surface area contributed by atoms with Gasteiger partial charge in [0.25, 0.3) is 0 Å². The first-order valence-corrected chi connectivity index (χ1v) is 4.49. The monoisotopic (exact) mass is 182 g/mol. The molecule has 0 radical (unpaired) electrons. The minimum absolute atomic E-state index is 0.130. The Morgan fingerprint density at radius 1 is 1.38 bits per heavy atom. The summed E-state index contributed by atoms with van der Waals surface area (Å²) in [6.07, 6.45) is 2.01. The van der Waals surface area contributed by atoms with E-state index in [-0.39, 0.29) is 11.9 Å². The highest BCUT2D eigenvalue weighted by atomic mass is 19.1. The molecule has 1 aromatic rings. The van der Waals surface area contributed by atoms with Crippen LogP contribution in [0, 0.1) is 5.82 Å². The first kappa shape index (κ1) is 10.2. The fourth-order valence-electron chi connectivity index (χ4n) is 1.33. The molecule has 0 saturated carbocycles. The van der Waals surface area contributed by atoms with Crippen molar-refractivity contribution in [2.24, 2.45) is 5.84 Å². The molecular formula is C10H15FN2. The fraction of sp³-hybridized carbons (Fsp3) is 0.400. The Morgan fingerprint density at radius 2 is 2.00 bits per heavy atom. The Balaban J connectivity index is 2.73. The van der Waals surface area contributed by atoms with Crippen molar-refractivity contribution in [1.82, 2.24) is 5.43 Å². The van der Waals surface area contributed by atoms with Gasteiger partial charge in [0.2, 0.25) is 0 Å². The molecule has 0 amide bonds. The van der Waals surface area contributed by atoms with Crippen LogP contribution in [0.3, 0.4) is 0 Å². The molecule has 0 heterocycles. The van der Waals surface area contributed by atoms with Gasteiger partial charge < -0.3 is 0 Å². The highest BCUT2D eigenvalue weighted by Crippen LogP contribution is 2.17. The molecule has 3 heteroatoms. The summed E-state index contributed by atoms with van der Waals surface area (Å²) in [5.74, 6) is 5.17. The summed E-state index contributed by atoms with van der Waals surface area (Å²) >= 11 is 0. The van der Waals surface area contributed by atoms with Gasteiger partial charge in [-0.1, -0.05) is 25.5 Å². The number of nitrogens with two attached hydrogens (primary N) is 1. The van der Waals surface area contributed by atoms with E-state index in [1.807, 2.05) is 0 Å². The molecule has 72 valence electrons. The van der Waals surface area contributed by atoms with Crippen molar-refractivity contribution in [3.63, 3.8) is 0 Å². The van der Waals surface area contributed by atoms with E-state index in [9.17, 15) is 4.39 Å². The third kappa shape index (κ3) is 2.79. The Hall–Kier alpha value is -0.930. The van der Waals surface area contributed by atoms with Gasteiger partial charge in [-0.2, -0.15) is 0 Å². The molecule has 1 aromatic carbocycles. The van der Waals surface area contributed by atoms with Crippen molar-refractivity contribution in [2.75, 3.05) is 0 Å². The molecule has 0 aliphatic rings. The normalized spacial score (nSPS) is 12.8. The molecule has 0 aromatic heterocycles. The van der Waals surface area contributed by atoms with Crippen LogP contribution >= 0.6 is 0 Å². The maximum absolute atomic E-state index is 12.6. The number of hydrogen-bond donors (Lipinski definition) is 2. The van der Waals surface area contributed by atoms with E-state index in [1.54, 1.807) is 12.1 Å². The topological polar surface area (TPSA) is 38.0 Å². The highest BCUT2D eigenvalue weighted by Gasteiger charge is 2.07. The van der Waals surface area contributed by atoms with Crippen LogP contribution in [-0.2, 0) is 0 Å². The minimum Gasteiger partial charge on any atom is -0.271 e. The summed E-state index contributed by atoms with van der Waals surface area (Å²) in [6, 6.07) is 6.56. The Kier molecular flexibility index (Phi) is 3.86. The second kappa shape index (κ2) is 4.94. The van der Waals surface area contributed by atoms with Crippen molar-refractivity contribution >= 4 is 0 Å². The second-order valence-corrected chi connectivity index (χ2v) is 3.06. The van der Waals surface area contributed by atoms with Crippen LogP contribution in [0.5, 0.6) is 0 Å². The molecule has 2 nitrogen and oxygen atoms in total. The van der Waals surface area contributed by atoms with Gasteiger partial charge in [-0.25, -0.2) is 4.39 Å². The van der Waals surface area contributed by atoms with E-state index in [2.05, 4.69) is 12.3 Å². The van der Waals surface area contributed by atoms with Crippen molar-refractivity contribution in [3.8, 4) is 0 Å². The average Bonchev–Trinajstić information content (AvgIpc) is 2.16. The lowest BCUT2D eigenvalue weighted by atomic mass is 10.0. The largest absolute Gasteiger partial charge is 0.271 e. The zero-order valence-corrected chi connectivity index (χ0v) is 7.76. The van der Waals surface area contributed by atoms with Crippen LogP contribution in [0.25, 0.3) is 0 Å². The fourth-order valence-corrected chi connectivity index (χ4v) is 1.33. The van der Waals surface area contributed by atoms with E-state index in [1.165, 1.54) is 12.1 Å². The SMILES string of the molecule is CCCC(NN)c1ccc(F)cc1. The number of hydrogen-bond acceptors (Lipinski definition) is 2. The van der Waals surface area contributed by atoms with Crippen LogP contribution in [0.4, 0.5) is 4.39 Å². The van der Waals surface area contributed by atoms with Crippen LogP contribution in [0.2, 0.25) is 0 Å². The van der Waals surface area contributed by atoms with Crippen LogP contribution in [-0.4, -0.2) is 0 Å². The number of benzene rings is 1. The Labute approximate surface area is 77.9 Å². The zero-order chi connectivity index (χ0) is 9.68.